The maximum atomic E-state index is 3.69. The van der Waals surface area contributed by atoms with Crippen molar-refractivity contribution in [3.8, 4) is 0 Å². The van der Waals surface area contributed by atoms with Crippen LogP contribution in [0, 0.1) is 0 Å². The molecule has 4 aromatic carbocycles. The Kier molecular flexibility index (Phi) is 2.55. The highest BCUT2D eigenvalue weighted by Crippen LogP contribution is 2.49. The summed E-state index contributed by atoms with van der Waals surface area (Å²) in [7, 11) is 2.16. The van der Waals surface area contributed by atoms with Gasteiger partial charge in [-0.15, -0.1) is 0 Å². The molecule has 120 valence electrons. The van der Waals surface area contributed by atoms with Crippen LogP contribution in [0.1, 0.15) is 34.3 Å². The van der Waals surface area contributed by atoms with E-state index in [0.29, 0.717) is 0 Å². The van der Waals surface area contributed by atoms with E-state index in [1.807, 2.05) is 0 Å². The molecule has 2 heteroatoms. The molecule has 0 amide bonds. The third kappa shape index (κ3) is 1.76. The minimum atomic E-state index is 0.231. The minimum absolute atomic E-state index is 0.231. The van der Waals surface area contributed by atoms with Crippen molar-refractivity contribution < 1.29 is 0 Å². The van der Waals surface area contributed by atoms with Crippen molar-refractivity contribution in [1.82, 2.24) is 10.4 Å². The van der Waals surface area contributed by atoms with Gasteiger partial charge < -0.3 is 0 Å². The molecule has 0 fully saturated rings. The fraction of sp³-hybridized carbons (Fsp3) is 0.130. The summed E-state index contributed by atoms with van der Waals surface area (Å²) in [6.45, 7) is 0. The second kappa shape index (κ2) is 4.69. The van der Waals surface area contributed by atoms with Crippen LogP contribution in [0.2, 0.25) is 0 Å². The Hall–Kier alpha value is -2.68. The molecule has 0 saturated heterocycles. The first kappa shape index (κ1) is 13.6. The van der Waals surface area contributed by atoms with Crippen LogP contribution in [-0.2, 0) is 0 Å². The standard InChI is InChI=1S/C23H18N2/c1-25-23-20-12-16-8-4-2-6-14(16)10-18(20)22(24-25)19-11-15-7-3-5-9-17(15)13-21(19)23/h2-13,22-24H,1H3. The highest BCUT2D eigenvalue weighted by molar-refractivity contribution is 5.88. The van der Waals surface area contributed by atoms with Crippen LogP contribution in [0.15, 0.2) is 72.8 Å². The van der Waals surface area contributed by atoms with Gasteiger partial charge in [-0.25, -0.2) is 10.4 Å². The van der Waals surface area contributed by atoms with Crippen LogP contribution >= 0.6 is 0 Å². The van der Waals surface area contributed by atoms with Gasteiger partial charge in [0.15, 0.2) is 0 Å². The first-order valence-electron chi connectivity index (χ1n) is 8.84. The number of hydrogen-bond donors (Lipinski definition) is 1. The largest absolute Gasteiger partial charge is 0.243 e. The van der Waals surface area contributed by atoms with E-state index in [2.05, 4.69) is 90.3 Å². The van der Waals surface area contributed by atoms with Crippen molar-refractivity contribution in [3.05, 3.63) is 95.1 Å². The highest BCUT2D eigenvalue weighted by Gasteiger charge is 2.40. The van der Waals surface area contributed by atoms with Gasteiger partial charge in [-0.3, -0.25) is 0 Å². The van der Waals surface area contributed by atoms with E-state index in [1.54, 1.807) is 0 Å². The van der Waals surface area contributed by atoms with E-state index in [9.17, 15) is 0 Å². The zero-order valence-electron chi connectivity index (χ0n) is 14.0. The Morgan fingerprint density at radius 3 is 1.48 bits per heavy atom. The summed E-state index contributed by atoms with van der Waals surface area (Å²) < 4.78 is 0. The predicted octanol–water partition coefficient (Wildman–Crippen LogP) is 4.94. The number of hydrogen-bond acceptors (Lipinski definition) is 2. The summed E-state index contributed by atoms with van der Waals surface area (Å²) >= 11 is 0. The number of rotatable bonds is 0. The molecule has 2 nitrogen and oxygen atoms in total. The van der Waals surface area contributed by atoms with Gasteiger partial charge in [-0.2, -0.15) is 0 Å². The lowest BCUT2D eigenvalue weighted by molar-refractivity contribution is 0.132. The summed E-state index contributed by atoms with van der Waals surface area (Å²) in [5.74, 6) is 0. The lowest BCUT2D eigenvalue weighted by atomic mass is 9.75. The van der Waals surface area contributed by atoms with Crippen molar-refractivity contribution in [1.29, 1.82) is 0 Å². The first-order valence-corrected chi connectivity index (χ1v) is 8.84. The van der Waals surface area contributed by atoms with E-state index < -0.39 is 0 Å². The smallest absolute Gasteiger partial charge is 0.0747 e. The molecule has 4 aromatic rings. The van der Waals surface area contributed by atoms with E-state index in [1.165, 1.54) is 43.8 Å². The summed E-state index contributed by atoms with van der Waals surface area (Å²) in [6, 6.07) is 27.4. The minimum Gasteiger partial charge on any atom is -0.243 e. The molecular weight excluding hydrogens is 304 g/mol. The number of benzene rings is 4. The lowest BCUT2D eigenvalue weighted by Crippen LogP contribution is -2.50. The average Bonchev–Trinajstić information content (AvgIpc) is 2.65. The topological polar surface area (TPSA) is 15.3 Å². The van der Waals surface area contributed by atoms with Gasteiger partial charge in [-0.05, 0) is 68.1 Å². The van der Waals surface area contributed by atoms with E-state index in [-0.39, 0.29) is 12.1 Å². The molecule has 0 aromatic heterocycles. The van der Waals surface area contributed by atoms with Crippen LogP contribution in [0.3, 0.4) is 0 Å². The second-order valence-electron chi connectivity index (χ2n) is 7.23. The van der Waals surface area contributed by atoms with Crippen molar-refractivity contribution in [2.75, 3.05) is 7.05 Å². The van der Waals surface area contributed by atoms with E-state index in [4.69, 9.17) is 0 Å². The van der Waals surface area contributed by atoms with Crippen molar-refractivity contribution >= 4 is 21.5 Å². The molecule has 1 aliphatic carbocycles. The number of nitrogens with one attached hydrogen (secondary N) is 1. The fourth-order valence-corrected chi connectivity index (χ4v) is 4.69. The molecule has 2 bridgehead atoms. The quantitative estimate of drug-likeness (QED) is 0.493. The van der Waals surface area contributed by atoms with Crippen LogP contribution < -0.4 is 5.43 Å². The van der Waals surface area contributed by atoms with Gasteiger partial charge >= 0.3 is 0 Å². The normalized spacial score (nSPS) is 21.5. The van der Waals surface area contributed by atoms with Crippen molar-refractivity contribution in [3.63, 3.8) is 0 Å². The Morgan fingerprint density at radius 1 is 0.640 bits per heavy atom. The van der Waals surface area contributed by atoms with Gasteiger partial charge in [0.2, 0.25) is 0 Å². The number of nitrogens with zero attached hydrogens (tertiary/aromatic N) is 1. The molecule has 25 heavy (non-hydrogen) atoms. The summed E-state index contributed by atoms with van der Waals surface area (Å²) in [4.78, 5) is 0. The van der Waals surface area contributed by atoms with Gasteiger partial charge in [0, 0.05) is 7.05 Å². The summed E-state index contributed by atoms with van der Waals surface area (Å²) in [5.41, 5.74) is 9.41. The molecule has 2 heterocycles. The molecule has 3 aliphatic rings. The Labute approximate surface area is 146 Å². The molecule has 1 N–H and O–H groups in total. The molecular formula is C23H18N2. The molecule has 0 unspecified atom stereocenters. The third-order valence-corrected chi connectivity index (χ3v) is 5.83. The third-order valence-electron chi connectivity index (χ3n) is 5.83. The molecule has 0 saturated carbocycles. The van der Waals surface area contributed by atoms with Crippen molar-refractivity contribution in [2.45, 2.75) is 12.1 Å². The van der Waals surface area contributed by atoms with Crippen LogP contribution in [-0.4, -0.2) is 12.1 Å². The van der Waals surface area contributed by atoms with Crippen LogP contribution in [0.4, 0.5) is 0 Å². The molecule has 0 spiro atoms. The average molecular weight is 322 g/mol. The van der Waals surface area contributed by atoms with Crippen LogP contribution in [0.25, 0.3) is 21.5 Å². The highest BCUT2D eigenvalue weighted by atomic mass is 15.5. The summed E-state index contributed by atoms with van der Waals surface area (Å²) in [6.07, 6.45) is 0. The fourth-order valence-electron chi connectivity index (χ4n) is 4.69. The van der Waals surface area contributed by atoms with Crippen LogP contribution in [0.5, 0.6) is 0 Å². The van der Waals surface area contributed by atoms with Gasteiger partial charge in [-0.1, -0.05) is 48.5 Å². The zero-order valence-corrected chi connectivity index (χ0v) is 14.0. The SMILES string of the molecule is CN1NC2c3cc4ccccc4cc3C1c1cc3ccccc3cc12. The Balaban J connectivity index is 1.68. The lowest BCUT2D eigenvalue weighted by Gasteiger charge is -2.47. The zero-order chi connectivity index (χ0) is 16.5. The van der Waals surface area contributed by atoms with E-state index >= 15 is 0 Å². The van der Waals surface area contributed by atoms with Crippen molar-refractivity contribution in [2.24, 2.45) is 0 Å². The summed E-state index contributed by atoms with van der Waals surface area (Å²) in [5, 5.41) is 7.56. The molecule has 2 aliphatic heterocycles. The second-order valence-corrected chi connectivity index (χ2v) is 7.23. The first-order chi connectivity index (χ1) is 12.3. The number of fused-ring (bicyclic) bond motifs is 3. The van der Waals surface area contributed by atoms with E-state index in [0.717, 1.165) is 0 Å². The van der Waals surface area contributed by atoms with Gasteiger partial charge in [0.05, 0.1) is 12.1 Å². The molecule has 0 atom stereocenters. The molecule has 0 radical (unpaired) electrons. The Morgan fingerprint density at radius 2 is 1.04 bits per heavy atom. The van der Waals surface area contributed by atoms with Gasteiger partial charge in [0.1, 0.15) is 0 Å². The predicted molar refractivity (Wildman–Crippen MR) is 102 cm³/mol. The maximum absolute atomic E-state index is 3.69. The monoisotopic (exact) mass is 322 g/mol. The molecule has 7 rings (SSSR count). The number of hydrazine groups is 1. The van der Waals surface area contributed by atoms with Gasteiger partial charge in [0.25, 0.3) is 0 Å². The maximum Gasteiger partial charge on any atom is 0.0747 e. The Bertz CT molecular complexity index is 1070.